The molecule has 4 saturated carbocycles. The summed E-state index contributed by atoms with van der Waals surface area (Å²) >= 11 is 0. The van der Waals surface area contributed by atoms with Crippen LogP contribution in [0.4, 0.5) is 0 Å². The Kier molecular flexibility index (Phi) is 7.06. The third-order valence-corrected chi connectivity index (χ3v) is 9.62. The largest absolute Gasteiger partial charge is 0.464 e. The predicted molar refractivity (Wildman–Crippen MR) is 129 cm³/mol. The number of hydrogen-bond acceptors (Lipinski definition) is 2. The molecule has 1 aromatic rings. The van der Waals surface area contributed by atoms with Crippen molar-refractivity contribution in [3.8, 4) is 5.75 Å². The first kappa shape index (κ1) is 23.1. The molecule has 2 heteroatoms. The van der Waals surface area contributed by atoms with Crippen LogP contribution < -0.4 is 4.74 Å². The molecule has 0 saturated heterocycles. The van der Waals surface area contributed by atoms with E-state index in [0.717, 1.165) is 49.4 Å². The van der Waals surface area contributed by atoms with Crippen LogP contribution >= 0.6 is 0 Å². The molecule has 0 spiro atoms. The summed E-state index contributed by atoms with van der Waals surface area (Å²) in [6.45, 7) is 12.4. The zero-order chi connectivity index (χ0) is 22.1. The van der Waals surface area contributed by atoms with Crippen molar-refractivity contribution in [3.05, 3.63) is 29.8 Å². The summed E-state index contributed by atoms with van der Waals surface area (Å²) in [4.78, 5) is 0. The van der Waals surface area contributed by atoms with Crippen molar-refractivity contribution >= 4 is 0 Å². The van der Waals surface area contributed by atoms with Crippen molar-refractivity contribution in [2.45, 2.75) is 111 Å². The van der Waals surface area contributed by atoms with E-state index in [-0.39, 0.29) is 11.7 Å². The second-order valence-corrected chi connectivity index (χ2v) is 11.5. The van der Waals surface area contributed by atoms with E-state index >= 15 is 0 Å². The van der Waals surface area contributed by atoms with Crippen molar-refractivity contribution in [2.75, 3.05) is 6.61 Å². The smallest absolute Gasteiger partial charge is 0.205 e. The van der Waals surface area contributed by atoms with Gasteiger partial charge in [-0.25, -0.2) is 0 Å². The van der Waals surface area contributed by atoms with Gasteiger partial charge in [-0.05, 0) is 111 Å². The molecular formula is C29H46O2. The first-order chi connectivity index (χ1) is 14.9. The maximum absolute atomic E-state index is 6.85. The van der Waals surface area contributed by atoms with E-state index < -0.39 is 0 Å². The molecule has 2 nitrogen and oxygen atoms in total. The van der Waals surface area contributed by atoms with Crippen LogP contribution in [0.5, 0.6) is 5.75 Å². The summed E-state index contributed by atoms with van der Waals surface area (Å²) in [5, 5.41) is 0. The number of ether oxygens (including phenoxy) is 2. The average Bonchev–Trinajstić information content (AvgIpc) is 2.78. The molecule has 174 valence electrons. The van der Waals surface area contributed by atoms with Gasteiger partial charge in [-0.2, -0.15) is 0 Å². The zero-order valence-corrected chi connectivity index (χ0v) is 20.8. The second-order valence-electron chi connectivity index (χ2n) is 11.5. The highest BCUT2D eigenvalue weighted by molar-refractivity contribution is 5.29. The van der Waals surface area contributed by atoms with Crippen molar-refractivity contribution in [3.63, 3.8) is 0 Å². The lowest BCUT2D eigenvalue weighted by Crippen LogP contribution is -2.50. The SMILES string of the molecule is CCC(C)c1ccc(OC(OCC23CC4CC(CC(C4)C2)C3)C(CC)(CC)CC)cc1. The van der Waals surface area contributed by atoms with Gasteiger partial charge in [0.1, 0.15) is 5.75 Å². The second kappa shape index (κ2) is 9.46. The van der Waals surface area contributed by atoms with E-state index in [2.05, 4.69) is 58.9 Å². The fourth-order valence-electron chi connectivity index (χ4n) is 7.54. The quantitative estimate of drug-likeness (QED) is 0.331. The zero-order valence-electron chi connectivity index (χ0n) is 20.8. The van der Waals surface area contributed by atoms with E-state index in [4.69, 9.17) is 9.47 Å². The third kappa shape index (κ3) is 4.70. The molecule has 4 bridgehead atoms. The van der Waals surface area contributed by atoms with Gasteiger partial charge in [-0.3, -0.25) is 0 Å². The Morgan fingerprint density at radius 3 is 1.84 bits per heavy atom. The van der Waals surface area contributed by atoms with Gasteiger partial charge in [-0.15, -0.1) is 0 Å². The topological polar surface area (TPSA) is 18.5 Å². The van der Waals surface area contributed by atoms with Crippen LogP contribution in [-0.4, -0.2) is 12.9 Å². The number of rotatable bonds is 11. The minimum atomic E-state index is -0.157. The number of hydrogen-bond donors (Lipinski definition) is 0. The van der Waals surface area contributed by atoms with Crippen molar-refractivity contribution < 1.29 is 9.47 Å². The van der Waals surface area contributed by atoms with Gasteiger partial charge in [0.05, 0.1) is 6.61 Å². The molecule has 4 aliphatic rings. The fraction of sp³-hybridized carbons (Fsp3) is 0.793. The maximum atomic E-state index is 6.85. The summed E-state index contributed by atoms with van der Waals surface area (Å²) in [6, 6.07) is 8.80. The summed E-state index contributed by atoms with van der Waals surface area (Å²) in [5.41, 5.74) is 1.91. The van der Waals surface area contributed by atoms with Gasteiger partial charge in [-0.1, -0.05) is 46.8 Å². The highest BCUT2D eigenvalue weighted by Crippen LogP contribution is 2.60. The Labute approximate surface area is 191 Å². The molecule has 0 heterocycles. The Balaban J connectivity index is 1.49. The van der Waals surface area contributed by atoms with Crippen LogP contribution in [0.15, 0.2) is 24.3 Å². The van der Waals surface area contributed by atoms with Gasteiger partial charge in [0, 0.05) is 5.41 Å². The fourth-order valence-corrected chi connectivity index (χ4v) is 7.54. The maximum Gasteiger partial charge on any atom is 0.205 e. The van der Waals surface area contributed by atoms with Gasteiger partial charge in [0.2, 0.25) is 6.29 Å². The monoisotopic (exact) mass is 426 g/mol. The lowest BCUT2D eigenvalue weighted by atomic mass is 9.50. The Morgan fingerprint density at radius 2 is 1.39 bits per heavy atom. The molecule has 0 aromatic heterocycles. The van der Waals surface area contributed by atoms with Crippen molar-refractivity contribution in [1.82, 2.24) is 0 Å². The van der Waals surface area contributed by atoms with Gasteiger partial charge >= 0.3 is 0 Å². The highest BCUT2D eigenvalue weighted by atomic mass is 16.7. The first-order valence-electron chi connectivity index (χ1n) is 13.3. The summed E-state index contributed by atoms with van der Waals surface area (Å²) in [6.07, 6.45) is 13.0. The molecule has 2 atom stereocenters. The Morgan fingerprint density at radius 1 is 0.871 bits per heavy atom. The van der Waals surface area contributed by atoms with Crippen molar-refractivity contribution in [2.24, 2.45) is 28.6 Å². The molecule has 0 radical (unpaired) electrons. The molecule has 31 heavy (non-hydrogen) atoms. The van der Waals surface area contributed by atoms with E-state index in [1.54, 1.807) is 0 Å². The first-order valence-corrected chi connectivity index (χ1v) is 13.3. The normalized spacial score (nSPS) is 31.6. The van der Waals surface area contributed by atoms with Crippen molar-refractivity contribution in [1.29, 1.82) is 0 Å². The molecule has 4 fully saturated rings. The van der Waals surface area contributed by atoms with E-state index in [9.17, 15) is 0 Å². The lowest BCUT2D eigenvalue weighted by molar-refractivity contribution is -0.200. The summed E-state index contributed by atoms with van der Waals surface area (Å²) in [5.74, 6) is 4.46. The Bertz CT molecular complexity index is 658. The standard InChI is InChI=1S/C29H46O2/c1-6-21(5)25-10-12-26(13-11-25)31-27(29(7-2,8-3)9-4)30-20-28-17-22-14-23(18-28)16-24(15-22)19-28/h10-13,21-24,27H,6-9,14-20H2,1-5H3. The van der Waals surface area contributed by atoms with Crippen LogP contribution in [0, 0.1) is 28.6 Å². The third-order valence-electron chi connectivity index (χ3n) is 9.62. The van der Waals surface area contributed by atoms with Gasteiger partial charge in [0.15, 0.2) is 0 Å². The molecule has 2 unspecified atom stereocenters. The van der Waals surface area contributed by atoms with Crippen LogP contribution in [0.25, 0.3) is 0 Å². The van der Waals surface area contributed by atoms with Crippen LogP contribution in [0.2, 0.25) is 0 Å². The van der Waals surface area contributed by atoms with E-state index in [1.165, 1.54) is 50.5 Å². The molecule has 0 N–H and O–H groups in total. The van der Waals surface area contributed by atoms with Crippen LogP contribution in [-0.2, 0) is 4.74 Å². The van der Waals surface area contributed by atoms with Gasteiger partial charge in [0.25, 0.3) is 0 Å². The molecule has 0 amide bonds. The number of benzene rings is 1. The molecule has 4 aliphatic carbocycles. The average molecular weight is 427 g/mol. The molecule has 5 rings (SSSR count). The molecule has 1 aromatic carbocycles. The van der Waals surface area contributed by atoms with Crippen LogP contribution in [0.3, 0.4) is 0 Å². The lowest BCUT2D eigenvalue weighted by Gasteiger charge is -2.57. The van der Waals surface area contributed by atoms with Crippen LogP contribution in [0.1, 0.15) is 110 Å². The molecule has 0 aliphatic heterocycles. The summed E-state index contributed by atoms with van der Waals surface area (Å²) in [7, 11) is 0. The molecular weight excluding hydrogens is 380 g/mol. The minimum absolute atomic E-state index is 0.0810. The van der Waals surface area contributed by atoms with E-state index in [0.29, 0.717) is 11.3 Å². The van der Waals surface area contributed by atoms with E-state index in [1.807, 2.05) is 0 Å². The minimum Gasteiger partial charge on any atom is -0.464 e. The summed E-state index contributed by atoms with van der Waals surface area (Å²) < 4.78 is 13.5. The van der Waals surface area contributed by atoms with Gasteiger partial charge < -0.3 is 9.47 Å². The highest BCUT2D eigenvalue weighted by Gasteiger charge is 2.51. The predicted octanol–water partition coefficient (Wildman–Crippen LogP) is 8.35. The Hall–Kier alpha value is -1.02.